The molecule has 0 amide bonds. The van der Waals surface area contributed by atoms with Crippen molar-refractivity contribution in [1.82, 2.24) is 10.2 Å². The van der Waals surface area contributed by atoms with Gasteiger partial charge in [-0.2, -0.15) is 5.10 Å². The van der Waals surface area contributed by atoms with Crippen LogP contribution >= 0.6 is 11.6 Å². The molecule has 33 heavy (non-hydrogen) atoms. The van der Waals surface area contributed by atoms with Crippen LogP contribution in [0.3, 0.4) is 0 Å². The lowest BCUT2D eigenvalue weighted by Gasteiger charge is -2.24. The van der Waals surface area contributed by atoms with Gasteiger partial charge < -0.3 is 4.74 Å². The summed E-state index contributed by atoms with van der Waals surface area (Å²) in [7, 11) is -1.73. The first kappa shape index (κ1) is 24.5. The second kappa shape index (κ2) is 9.41. The Kier molecular flexibility index (Phi) is 7.00. The summed E-state index contributed by atoms with van der Waals surface area (Å²) in [6, 6.07) is 10.7. The van der Waals surface area contributed by atoms with E-state index in [1.54, 1.807) is 31.4 Å². The molecule has 0 aliphatic rings. The van der Waals surface area contributed by atoms with Gasteiger partial charge in [-0.15, -0.1) is 0 Å². The van der Waals surface area contributed by atoms with E-state index in [9.17, 15) is 13.2 Å². The summed E-state index contributed by atoms with van der Waals surface area (Å²) in [5.74, 6) is 0.694. The molecular weight excluding hydrogens is 462 g/mol. The average molecular weight is 488 g/mol. The Bertz CT molecular complexity index is 1360. The number of ether oxygens (including phenoxy) is 1. The second-order valence-electron chi connectivity index (χ2n) is 8.65. The van der Waals surface area contributed by atoms with Gasteiger partial charge in [0.2, 0.25) is 10.0 Å². The van der Waals surface area contributed by atoms with E-state index in [0.717, 1.165) is 22.9 Å². The lowest BCUT2D eigenvalue weighted by atomic mass is 9.83. The van der Waals surface area contributed by atoms with Crippen molar-refractivity contribution in [2.45, 2.75) is 26.2 Å². The van der Waals surface area contributed by atoms with Crippen LogP contribution in [0.25, 0.3) is 23.3 Å². The summed E-state index contributed by atoms with van der Waals surface area (Å²) in [6.07, 6.45) is 6.28. The van der Waals surface area contributed by atoms with Crippen molar-refractivity contribution in [3.05, 3.63) is 74.7 Å². The zero-order valence-corrected chi connectivity index (χ0v) is 20.6. The Morgan fingerprint density at radius 2 is 1.79 bits per heavy atom. The molecule has 2 aromatic carbocycles. The molecule has 2 N–H and O–H groups in total. The van der Waals surface area contributed by atoms with Crippen LogP contribution in [0.15, 0.2) is 47.4 Å². The molecule has 0 saturated carbocycles. The fourth-order valence-corrected chi connectivity index (χ4v) is 4.22. The number of aromatic amines is 1. The topological polar surface area (TPSA) is 101 Å². The van der Waals surface area contributed by atoms with Crippen LogP contribution in [0, 0.1) is 0 Å². The van der Waals surface area contributed by atoms with Gasteiger partial charge >= 0.3 is 0 Å². The van der Waals surface area contributed by atoms with Gasteiger partial charge in [0.05, 0.1) is 30.1 Å². The molecule has 0 aliphatic heterocycles. The molecule has 0 radical (unpaired) electrons. The lowest BCUT2D eigenvalue weighted by molar-refractivity contribution is 0.397. The summed E-state index contributed by atoms with van der Waals surface area (Å²) in [5.41, 5.74) is 3.38. The number of H-pyrrole nitrogens is 1. The number of aromatic nitrogens is 2. The largest absolute Gasteiger partial charge is 0.496 e. The highest BCUT2D eigenvalue weighted by molar-refractivity contribution is 7.92. The van der Waals surface area contributed by atoms with E-state index >= 15 is 0 Å². The number of nitrogens with one attached hydrogen (secondary N) is 2. The lowest BCUT2D eigenvalue weighted by Crippen LogP contribution is -2.15. The number of anilines is 1. The first-order chi connectivity index (χ1) is 15.4. The van der Waals surface area contributed by atoms with E-state index < -0.39 is 10.0 Å². The normalized spacial score (nSPS) is 12.2. The SMILES string of the molecule is COc1c(C=Cc2ccc(NS(C)(=O)=O)cc2)cc(-c2c(Cl)cn[nH]c2=O)cc1C(C)(C)C. The first-order valence-electron chi connectivity index (χ1n) is 10.1. The molecule has 0 atom stereocenters. The monoisotopic (exact) mass is 487 g/mol. The van der Waals surface area contributed by atoms with E-state index in [4.69, 9.17) is 16.3 Å². The summed E-state index contributed by atoms with van der Waals surface area (Å²) >= 11 is 6.31. The summed E-state index contributed by atoms with van der Waals surface area (Å²) in [5, 5.41) is 6.45. The van der Waals surface area contributed by atoms with Gasteiger partial charge in [0.15, 0.2) is 0 Å². The number of rotatable bonds is 6. The third-order valence-corrected chi connectivity index (χ3v) is 5.79. The second-order valence-corrected chi connectivity index (χ2v) is 10.8. The van der Waals surface area contributed by atoms with E-state index in [1.165, 1.54) is 6.20 Å². The van der Waals surface area contributed by atoms with Gasteiger partial charge in [-0.25, -0.2) is 13.5 Å². The molecule has 0 aliphatic carbocycles. The molecule has 3 rings (SSSR count). The molecule has 174 valence electrons. The van der Waals surface area contributed by atoms with Crippen LogP contribution in [-0.2, 0) is 15.4 Å². The van der Waals surface area contributed by atoms with Crippen LogP contribution in [0.2, 0.25) is 5.02 Å². The van der Waals surface area contributed by atoms with E-state index in [2.05, 4.69) is 35.7 Å². The van der Waals surface area contributed by atoms with Gasteiger partial charge in [-0.3, -0.25) is 9.52 Å². The standard InChI is InChI=1S/C24H26ClN3O4S/c1-24(2,3)19-13-17(21-20(25)14-26-27-23(21)29)12-16(22(19)32-4)9-6-15-7-10-18(11-8-15)28-33(5,30)31/h6-14,28H,1-5H3,(H,27,29). The first-order valence-corrected chi connectivity index (χ1v) is 12.4. The van der Waals surface area contributed by atoms with Crippen LogP contribution in [0.1, 0.15) is 37.5 Å². The zero-order valence-electron chi connectivity index (χ0n) is 19.1. The number of methoxy groups -OCH3 is 1. The van der Waals surface area contributed by atoms with Gasteiger partial charge in [0.25, 0.3) is 5.56 Å². The van der Waals surface area contributed by atoms with Crippen molar-refractivity contribution in [1.29, 1.82) is 0 Å². The predicted octanol–water partition coefficient (Wildman–Crippen LogP) is 4.94. The van der Waals surface area contributed by atoms with Crippen molar-refractivity contribution in [3.63, 3.8) is 0 Å². The van der Waals surface area contributed by atoms with Gasteiger partial charge in [-0.1, -0.05) is 56.7 Å². The molecule has 9 heteroatoms. The summed E-state index contributed by atoms with van der Waals surface area (Å²) in [6.45, 7) is 6.19. The molecule has 1 aromatic heterocycles. The number of sulfonamides is 1. The number of hydrogen-bond donors (Lipinski definition) is 2. The van der Waals surface area contributed by atoms with Crippen molar-refractivity contribution < 1.29 is 13.2 Å². The Morgan fingerprint density at radius 3 is 2.33 bits per heavy atom. The number of benzene rings is 2. The number of nitrogens with zero attached hydrogens (tertiary/aromatic N) is 1. The molecule has 1 heterocycles. The van der Waals surface area contributed by atoms with E-state index in [-0.39, 0.29) is 16.0 Å². The Labute approximate surface area is 198 Å². The van der Waals surface area contributed by atoms with Crippen LogP contribution in [-0.4, -0.2) is 32.0 Å². The number of halogens is 1. The van der Waals surface area contributed by atoms with E-state index in [1.807, 2.05) is 24.3 Å². The van der Waals surface area contributed by atoms with Crippen molar-refractivity contribution in [3.8, 4) is 16.9 Å². The third-order valence-electron chi connectivity index (χ3n) is 4.90. The minimum Gasteiger partial charge on any atom is -0.496 e. The highest BCUT2D eigenvalue weighted by Gasteiger charge is 2.23. The van der Waals surface area contributed by atoms with E-state index in [0.29, 0.717) is 22.6 Å². The molecule has 0 spiro atoms. The zero-order chi connectivity index (χ0) is 24.4. The van der Waals surface area contributed by atoms with Crippen LogP contribution in [0.4, 0.5) is 5.69 Å². The minimum absolute atomic E-state index is 0.257. The maximum Gasteiger partial charge on any atom is 0.273 e. The Hall–Kier alpha value is -3.10. The molecular formula is C24H26ClN3O4S. The van der Waals surface area contributed by atoms with Crippen LogP contribution < -0.4 is 15.0 Å². The molecule has 0 saturated heterocycles. The average Bonchev–Trinajstić information content (AvgIpc) is 2.71. The molecule has 3 aromatic rings. The Morgan fingerprint density at radius 1 is 1.12 bits per heavy atom. The molecule has 7 nitrogen and oxygen atoms in total. The third kappa shape index (κ3) is 6.03. The van der Waals surface area contributed by atoms with Gasteiger partial charge in [-0.05, 0) is 40.8 Å². The molecule has 0 bridgehead atoms. The summed E-state index contributed by atoms with van der Waals surface area (Å²) in [4.78, 5) is 12.5. The van der Waals surface area contributed by atoms with Crippen molar-refractivity contribution >= 4 is 39.5 Å². The highest BCUT2D eigenvalue weighted by Crippen LogP contribution is 2.39. The fraction of sp³-hybridized carbons (Fsp3) is 0.250. The quantitative estimate of drug-likeness (QED) is 0.479. The smallest absolute Gasteiger partial charge is 0.273 e. The highest BCUT2D eigenvalue weighted by atomic mass is 35.5. The minimum atomic E-state index is -3.34. The van der Waals surface area contributed by atoms with Crippen LogP contribution in [0.5, 0.6) is 5.75 Å². The number of hydrogen-bond acceptors (Lipinski definition) is 5. The molecule has 0 unspecified atom stereocenters. The predicted molar refractivity (Wildman–Crippen MR) is 134 cm³/mol. The Balaban J connectivity index is 2.11. The van der Waals surface area contributed by atoms with Gasteiger partial charge in [0, 0.05) is 16.8 Å². The maximum absolute atomic E-state index is 12.5. The van der Waals surface area contributed by atoms with Crippen molar-refractivity contribution in [2.75, 3.05) is 18.1 Å². The maximum atomic E-state index is 12.5. The fourth-order valence-electron chi connectivity index (χ4n) is 3.41. The summed E-state index contributed by atoms with van der Waals surface area (Å²) < 4.78 is 31.0. The molecule has 0 fully saturated rings. The van der Waals surface area contributed by atoms with Crippen molar-refractivity contribution in [2.24, 2.45) is 0 Å². The van der Waals surface area contributed by atoms with Gasteiger partial charge in [0.1, 0.15) is 5.75 Å².